The van der Waals surface area contributed by atoms with Crippen LogP contribution in [0, 0.1) is 24.2 Å². The molecule has 2 aliphatic rings. The van der Waals surface area contributed by atoms with Crippen molar-refractivity contribution in [1.82, 2.24) is 25.4 Å². The molecule has 1 aromatic rings. The van der Waals surface area contributed by atoms with E-state index < -0.39 is 5.54 Å². The SMILES string of the molecule is Cc1nc2n(n1)C[C@H](NCC(=O)N[C@@](C)(C#N)C1CC1)CC2. The maximum atomic E-state index is 12.1. The van der Waals surface area contributed by atoms with Crippen LogP contribution < -0.4 is 10.6 Å². The molecular weight excluding hydrogens is 280 g/mol. The van der Waals surface area contributed by atoms with E-state index in [2.05, 4.69) is 26.8 Å². The number of hydrogen-bond donors (Lipinski definition) is 2. The summed E-state index contributed by atoms with van der Waals surface area (Å²) in [5.74, 6) is 2.00. The number of rotatable bonds is 5. The van der Waals surface area contributed by atoms with Crippen molar-refractivity contribution in [3.63, 3.8) is 0 Å². The van der Waals surface area contributed by atoms with Crippen molar-refractivity contribution in [2.75, 3.05) is 6.54 Å². The van der Waals surface area contributed by atoms with Crippen LogP contribution >= 0.6 is 0 Å². The van der Waals surface area contributed by atoms with Gasteiger partial charge in [0.15, 0.2) is 0 Å². The molecule has 1 aromatic heterocycles. The first kappa shape index (κ1) is 15.0. The highest BCUT2D eigenvalue weighted by Crippen LogP contribution is 2.39. The molecule has 1 saturated carbocycles. The third kappa shape index (κ3) is 3.12. The number of nitrogens with zero attached hydrogens (tertiary/aromatic N) is 4. The maximum absolute atomic E-state index is 12.1. The van der Waals surface area contributed by atoms with Crippen LogP contribution in [0.15, 0.2) is 0 Å². The number of carbonyl (C=O) groups is 1. The second-order valence-electron chi connectivity index (χ2n) is 6.51. The lowest BCUT2D eigenvalue weighted by atomic mass is 9.98. The van der Waals surface area contributed by atoms with Crippen LogP contribution in [0.4, 0.5) is 0 Å². The van der Waals surface area contributed by atoms with Crippen molar-refractivity contribution in [1.29, 1.82) is 5.26 Å². The summed E-state index contributed by atoms with van der Waals surface area (Å²) in [5, 5.41) is 19.8. The van der Waals surface area contributed by atoms with E-state index in [-0.39, 0.29) is 18.5 Å². The summed E-state index contributed by atoms with van der Waals surface area (Å²) in [4.78, 5) is 16.5. The second-order valence-corrected chi connectivity index (χ2v) is 6.51. The molecule has 2 atom stereocenters. The normalized spacial score (nSPS) is 23.2. The fourth-order valence-electron chi connectivity index (χ4n) is 3.05. The van der Waals surface area contributed by atoms with Crippen LogP contribution in [0.3, 0.4) is 0 Å². The van der Waals surface area contributed by atoms with Crippen LogP contribution in [0.25, 0.3) is 0 Å². The van der Waals surface area contributed by atoms with Crippen molar-refractivity contribution in [3.8, 4) is 6.07 Å². The van der Waals surface area contributed by atoms with Gasteiger partial charge in [-0.15, -0.1) is 0 Å². The Morgan fingerprint density at radius 1 is 1.50 bits per heavy atom. The smallest absolute Gasteiger partial charge is 0.235 e. The minimum atomic E-state index is -0.721. The Morgan fingerprint density at radius 3 is 2.95 bits per heavy atom. The average Bonchev–Trinajstić information content (AvgIpc) is 3.27. The Hall–Kier alpha value is -1.94. The summed E-state index contributed by atoms with van der Waals surface area (Å²) in [5.41, 5.74) is -0.721. The molecule has 0 bridgehead atoms. The fraction of sp³-hybridized carbons (Fsp3) is 0.733. The Morgan fingerprint density at radius 2 is 2.27 bits per heavy atom. The molecule has 0 unspecified atom stereocenters. The van der Waals surface area contributed by atoms with Crippen LogP contribution in [0.2, 0.25) is 0 Å². The third-order valence-corrected chi connectivity index (χ3v) is 4.54. The quantitative estimate of drug-likeness (QED) is 0.815. The van der Waals surface area contributed by atoms with Gasteiger partial charge in [-0.3, -0.25) is 4.79 Å². The van der Waals surface area contributed by atoms with Gasteiger partial charge in [-0.25, -0.2) is 9.67 Å². The highest BCUT2D eigenvalue weighted by atomic mass is 16.2. The average molecular weight is 302 g/mol. The Bertz CT molecular complexity index is 614. The van der Waals surface area contributed by atoms with Gasteiger partial charge in [-0.05, 0) is 39.0 Å². The Balaban J connectivity index is 1.49. The first-order valence-electron chi connectivity index (χ1n) is 7.86. The van der Waals surface area contributed by atoms with E-state index in [1.165, 1.54) is 0 Å². The standard InChI is InChI=1S/C15H22N6O/c1-10-18-13-6-5-12(8-21(13)20-10)17-7-14(22)19-15(2,9-16)11-3-4-11/h11-12,17H,3-8H2,1-2H3,(H,19,22)/t12-,15+/m1/s1. The van der Waals surface area contributed by atoms with E-state index in [1.807, 2.05) is 18.5 Å². The predicted molar refractivity (Wildman–Crippen MR) is 79.8 cm³/mol. The molecule has 0 saturated heterocycles. The molecule has 7 heteroatoms. The third-order valence-electron chi connectivity index (χ3n) is 4.54. The molecule has 0 radical (unpaired) electrons. The summed E-state index contributed by atoms with van der Waals surface area (Å²) in [6.07, 6.45) is 3.87. The zero-order valence-electron chi connectivity index (χ0n) is 13.1. The minimum Gasteiger partial charge on any atom is -0.337 e. The monoisotopic (exact) mass is 302 g/mol. The van der Waals surface area contributed by atoms with Crippen molar-refractivity contribution in [3.05, 3.63) is 11.6 Å². The van der Waals surface area contributed by atoms with Crippen LogP contribution in [0.5, 0.6) is 0 Å². The van der Waals surface area contributed by atoms with E-state index in [0.29, 0.717) is 5.92 Å². The number of aryl methyl sites for hydroxylation is 2. The zero-order chi connectivity index (χ0) is 15.7. The van der Waals surface area contributed by atoms with Gasteiger partial charge in [0.2, 0.25) is 5.91 Å². The maximum Gasteiger partial charge on any atom is 0.235 e. The van der Waals surface area contributed by atoms with Gasteiger partial charge in [0, 0.05) is 12.5 Å². The molecule has 118 valence electrons. The lowest BCUT2D eigenvalue weighted by Gasteiger charge is -2.26. The number of carbonyl (C=O) groups excluding carboxylic acids is 1. The lowest BCUT2D eigenvalue weighted by molar-refractivity contribution is -0.121. The highest BCUT2D eigenvalue weighted by molar-refractivity contribution is 5.79. The Labute approximate surface area is 130 Å². The van der Waals surface area contributed by atoms with Gasteiger partial charge in [0.05, 0.1) is 19.2 Å². The molecule has 22 heavy (non-hydrogen) atoms. The highest BCUT2D eigenvalue weighted by Gasteiger charge is 2.42. The molecule has 0 spiro atoms. The largest absolute Gasteiger partial charge is 0.337 e. The first-order chi connectivity index (χ1) is 10.5. The van der Waals surface area contributed by atoms with Gasteiger partial charge >= 0.3 is 0 Å². The summed E-state index contributed by atoms with van der Waals surface area (Å²) in [6, 6.07) is 2.46. The van der Waals surface area contributed by atoms with Crippen LogP contribution in [-0.4, -0.2) is 38.8 Å². The predicted octanol–water partition coefficient (Wildman–Crippen LogP) is 0.299. The molecule has 1 aliphatic carbocycles. The zero-order valence-corrected chi connectivity index (χ0v) is 13.1. The molecule has 0 aromatic carbocycles. The van der Waals surface area contributed by atoms with E-state index in [4.69, 9.17) is 0 Å². The minimum absolute atomic E-state index is 0.114. The van der Waals surface area contributed by atoms with Crippen molar-refractivity contribution >= 4 is 5.91 Å². The van der Waals surface area contributed by atoms with Gasteiger partial charge in [-0.1, -0.05) is 0 Å². The molecule has 7 nitrogen and oxygen atoms in total. The fourth-order valence-corrected chi connectivity index (χ4v) is 3.05. The van der Waals surface area contributed by atoms with Crippen LogP contribution in [0.1, 0.15) is 37.8 Å². The van der Waals surface area contributed by atoms with Gasteiger partial charge < -0.3 is 10.6 Å². The van der Waals surface area contributed by atoms with Gasteiger partial charge in [0.25, 0.3) is 0 Å². The number of hydrogen-bond acceptors (Lipinski definition) is 5. The summed E-state index contributed by atoms with van der Waals surface area (Å²) < 4.78 is 1.91. The van der Waals surface area contributed by atoms with Crippen LogP contribution in [-0.2, 0) is 17.8 Å². The number of aromatic nitrogens is 3. The summed E-state index contributed by atoms with van der Waals surface area (Å²) >= 11 is 0. The summed E-state index contributed by atoms with van der Waals surface area (Å²) in [6.45, 7) is 4.68. The molecule has 1 fully saturated rings. The van der Waals surface area contributed by atoms with Crippen molar-refractivity contribution < 1.29 is 4.79 Å². The number of nitrogens with one attached hydrogen (secondary N) is 2. The van der Waals surface area contributed by atoms with E-state index >= 15 is 0 Å². The van der Waals surface area contributed by atoms with E-state index in [9.17, 15) is 10.1 Å². The molecule has 1 aliphatic heterocycles. The topological polar surface area (TPSA) is 95.6 Å². The molecule has 2 N–H and O–H groups in total. The Kier molecular flexibility index (Phi) is 3.87. The molecule has 3 rings (SSSR count). The lowest BCUT2D eigenvalue weighted by Crippen LogP contribution is -2.51. The molecular formula is C15H22N6O. The van der Waals surface area contributed by atoms with E-state index in [1.54, 1.807) is 0 Å². The van der Waals surface area contributed by atoms with Crippen molar-refractivity contribution in [2.24, 2.45) is 5.92 Å². The van der Waals surface area contributed by atoms with Gasteiger partial charge in [0.1, 0.15) is 17.2 Å². The number of fused-ring (bicyclic) bond motifs is 1. The van der Waals surface area contributed by atoms with Gasteiger partial charge in [-0.2, -0.15) is 10.4 Å². The second kappa shape index (κ2) is 5.69. The number of nitriles is 1. The first-order valence-corrected chi connectivity index (χ1v) is 7.86. The molecule has 2 heterocycles. The summed E-state index contributed by atoms with van der Waals surface area (Å²) in [7, 11) is 0. The van der Waals surface area contributed by atoms with Crippen molar-refractivity contribution in [2.45, 2.75) is 57.7 Å². The molecule has 1 amide bonds. The van der Waals surface area contributed by atoms with E-state index in [0.717, 1.165) is 43.9 Å². The number of amides is 1.